The number of carbonyl (C=O) groups is 1. The predicted octanol–water partition coefficient (Wildman–Crippen LogP) is 1.18. The minimum atomic E-state index is -4.89. The summed E-state index contributed by atoms with van der Waals surface area (Å²) in [5, 5.41) is 0. The largest absolute Gasteiger partial charge is 0.464 e. The first-order valence-corrected chi connectivity index (χ1v) is 3.75. The number of alkyl halides is 3. The topological polar surface area (TPSA) is 59.2 Å². The maximum Gasteiger partial charge on any atom is 0.422 e. The lowest BCUT2D eigenvalue weighted by atomic mass is 10.2. The Labute approximate surface area is 81.7 Å². The van der Waals surface area contributed by atoms with Gasteiger partial charge in [0.1, 0.15) is 11.3 Å². The third kappa shape index (κ3) is 2.17. The standard InChI is InChI=1S/C8H6F3NO3/c1-15-7(14)6-5(8(9,10)11)4(13)2-3-12-6/h2-3H,1H3,(H,12,13). The van der Waals surface area contributed by atoms with Gasteiger partial charge in [0, 0.05) is 12.3 Å². The average Bonchev–Trinajstić information content (AvgIpc) is 2.14. The Morgan fingerprint density at radius 1 is 1.47 bits per heavy atom. The molecule has 1 heterocycles. The molecule has 0 aliphatic rings. The highest BCUT2D eigenvalue weighted by molar-refractivity contribution is 5.88. The Morgan fingerprint density at radius 3 is 2.53 bits per heavy atom. The predicted molar refractivity (Wildman–Crippen MR) is 43.4 cm³/mol. The smallest absolute Gasteiger partial charge is 0.422 e. The van der Waals surface area contributed by atoms with Crippen molar-refractivity contribution in [2.24, 2.45) is 0 Å². The van der Waals surface area contributed by atoms with Crippen LogP contribution in [0.3, 0.4) is 0 Å². The number of esters is 1. The maximum absolute atomic E-state index is 12.4. The minimum Gasteiger partial charge on any atom is -0.464 e. The number of ether oxygens (including phenoxy) is 1. The van der Waals surface area contributed by atoms with Gasteiger partial charge in [-0.25, -0.2) is 4.79 Å². The summed E-state index contributed by atoms with van der Waals surface area (Å²) in [6.07, 6.45) is -3.94. The van der Waals surface area contributed by atoms with Crippen LogP contribution in [0, 0.1) is 0 Å². The quantitative estimate of drug-likeness (QED) is 0.724. The highest BCUT2D eigenvalue weighted by atomic mass is 19.4. The normalized spacial score (nSPS) is 11.2. The number of rotatable bonds is 1. The molecule has 0 fully saturated rings. The molecule has 0 aromatic carbocycles. The van der Waals surface area contributed by atoms with Crippen molar-refractivity contribution in [2.75, 3.05) is 7.11 Å². The van der Waals surface area contributed by atoms with Crippen molar-refractivity contribution in [1.29, 1.82) is 0 Å². The zero-order valence-corrected chi connectivity index (χ0v) is 7.51. The van der Waals surface area contributed by atoms with Gasteiger partial charge in [-0.3, -0.25) is 4.79 Å². The van der Waals surface area contributed by atoms with Crippen LogP contribution in [-0.4, -0.2) is 18.1 Å². The Morgan fingerprint density at radius 2 is 2.07 bits per heavy atom. The molecular formula is C8H6F3NO3. The fraction of sp³-hybridized carbons (Fsp3) is 0.250. The van der Waals surface area contributed by atoms with Gasteiger partial charge in [0.05, 0.1) is 7.11 Å². The van der Waals surface area contributed by atoms with Crippen LogP contribution >= 0.6 is 0 Å². The molecular weight excluding hydrogens is 215 g/mol. The summed E-state index contributed by atoms with van der Waals surface area (Å²) in [5.41, 5.74) is -3.71. The molecule has 0 saturated heterocycles. The van der Waals surface area contributed by atoms with E-state index in [4.69, 9.17) is 0 Å². The highest BCUT2D eigenvalue weighted by Gasteiger charge is 2.38. The second-order valence-corrected chi connectivity index (χ2v) is 2.58. The van der Waals surface area contributed by atoms with Crippen molar-refractivity contribution in [3.8, 4) is 0 Å². The third-order valence-electron chi connectivity index (χ3n) is 1.63. The molecule has 1 rings (SSSR count). The fourth-order valence-electron chi connectivity index (χ4n) is 1.02. The number of hydrogen-bond acceptors (Lipinski definition) is 3. The van der Waals surface area contributed by atoms with E-state index in [1.807, 2.05) is 4.98 Å². The number of nitrogens with one attached hydrogen (secondary N) is 1. The summed E-state index contributed by atoms with van der Waals surface area (Å²) in [6.45, 7) is 0. The molecule has 0 saturated carbocycles. The summed E-state index contributed by atoms with van der Waals surface area (Å²) < 4.78 is 41.3. The Balaban J connectivity index is 3.47. The van der Waals surface area contributed by atoms with E-state index in [0.717, 1.165) is 13.3 Å². The van der Waals surface area contributed by atoms with Crippen molar-refractivity contribution in [2.45, 2.75) is 6.18 Å². The first-order chi connectivity index (χ1) is 6.88. The van der Waals surface area contributed by atoms with Gasteiger partial charge in [-0.05, 0) is 0 Å². The van der Waals surface area contributed by atoms with Crippen molar-refractivity contribution in [3.63, 3.8) is 0 Å². The van der Waals surface area contributed by atoms with Crippen LogP contribution in [0.2, 0.25) is 0 Å². The number of H-pyrrole nitrogens is 1. The number of methoxy groups -OCH3 is 1. The molecule has 1 N–H and O–H groups in total. The minimum absolute atomic E-state index is 0.690. The second kappa shape index (κ2) is 3.76. The molecule has 1 aromatic rings. The molecule has 15 heavy (non-hydrogen) atoms. The lowest BCUT2D eigenvalue weighted by molar-refractivity contribution is -0.139. The van der Waals surface area contributed by atoms with E-state index in [9.17, 15) is 22.8 Å². The van der Waals surface area contributed by atoms with Gasteiger partial charge in [-0.1, -0.05) is 0 Å². The molecule has 0 amide bonds. The average molecular weight is 221 g/mol. The number of carbonyl (C=O) groups excluding carboxylic acids is 1. The van der Waals surface area contributed by atoms with Crippen molar-refractivity contribution >= 4 is 5.97 Å². The molecule has 0 aliphatic heterocycles. The summed E-state index contributed by atoms with van der Waals surface area (Å²) in [5.74, 6) is -1.24. The number of aromatic nitrogens is 1. The Kier molecular flexibility index (Phi) is 2.83. The van der Waals surface area contributed by atoms with E-state index in [1.165, 1.54) is 0 Å². The van der Waals surface area contributed by atoms with Gasteiger partial charge in [-0.15, -0.1) is 0 Å². The number of pyridine rings is 1. The van der Waals surface area contributed by atoms with E-state index in [1.54, 1.807) is 0 Å². The van der Waals surface area contributed by atoms with Crippen LogP contribution < -0.4 is 5.43 Å². The van der Waals surface area contributed by atoms with Crippen LogP contribution in [0.1, 0.15) is 16.1 Å². The molecule has 1 aromatic heterocycles. The van der Waals surface area contributed by atoms with Crippen LogP contribution in [-0.2, 0) is 10.9 Å². The number of halogens is 3. The Bertz CT molecular complexity index is 435. The number of hydrogen-bond donors (Lipinski definition) is 1. The lowest BCUT2D eigenvalue weighted by Crippen LogP contribution is -2.25. The van der Waals surface area contributed by atoms with Gasteiger partial charge in [-0.2, -0.15) is 13.2 Å². The second-order valence-electron chi connectivity index (χ2n) is 2.58. The van der Waals surface area contributed by atoms with Crippen molar-refractivity contribution in [3.05, 3.63) is 33.7 Å². The van der Waals surface area contributed by atoms with Crippen LogP contribution in [0.15, 0.2) is 17.1 Å². The van der Waals surface area contributed by atoms with Crippen LogP contribution in [0.25, 0.3) is 0 Å². The molecule has 0 atom stereocenters. The third-order valence-corrected chi connectivity index (χ3v) is 1.63. The van der Waals surface area contributed by atoms with Gasteiger partial charge >= 0.3 is 12.1 Å². The molecule has 0 aliphatic carbocycles. The van der Waals surface area contributed by atoms with Crippen molar-refractivity contribution in [1.82, 2.24) is 4.98 Å². The Hall–Kier alpha value is -1.79. The number of aromatic amines is 1. The summed E-state index contributed by atoms with van der Waals surface area (Å²) in [6, 6.07) is 0.690. The van der Waals surface area contributed by atoms with E-state index in [2.05, 4.69) is 4.74 Å². The highest BCUT2D eigenvalue weighted by Crippen LogP contribution is 2.28. The van der Waals surface area contributed by atoms with Gasteiger partial charge in [0.25, 0.3) is 0 Å². The first-order valence-electron chi connectivity index (χ1n) is 3.75. The summed E-state index contributed by atoms with van der Waals surface area (Å²) >= 11 is 0. The maximum atomic E-state index is 12.4. The molecule has 4 nitrogen and oxygen atoms in total. The van der Waals surface area contributed by atoms with Crippen LogP contribution in [0.4, 0.5) is 13.2 Å². The lowest BCUT2D eigenvalue weighted by Gasteiger charge is -2.09. The van der Waals surface area contributed by atoms with Gasteiger partial charge in [0.2, 0.25) is 0 Å². The summed E-state index contributed by atoms with van der Waals surface area (Å²) in [7, 11) is 0.924. The first kappa shape index (κ1) is 11.3. The molecule has 7 heteroatoms. The zero-order chi connectivity index (χ0) is 11.6. The zero-order valence-electron chi connectivity index (χ0n) is 7.51. The van der Waals surface area contributed by atoms with Gasteiger partial charge in [0.15, 0.2) is 5.43 Å². The van der Waals surface area contributed by atoms with E-state index >= 15 is 0 Å². The monoisotopic (exact) mass is 221 g/mol. The molecule has 0 radical (unpaired) electrons. The molecule has 82 valence electrons. The molecule has 0 spiro atoms. The van der Waals surface area contributed by atoms with E-state index < -0.39 is 28.8 Å². The van der Waals surface area contributed by atoms with Crippen LogP contribution in [0.5, 0.6) is 0 Å². The molecule has 0 bridgehead atoms. The van der Waals surface area contributed by atoms with Crippen molar-refractivity contribution < 1.29 is 22.7 Å². The van der Waals surface area contributed by atoms with E-state index in [0.29, 0.717) is 6.07 Å². The fourth-order valence-corrected chi connectivity index (χ4v) is 1.02. The summed E-state index contributed by atoms with van der Waals surface area (Å²) in [4.78, 5) is 23.9. The van der Waals surface area contributed by atoms with Gasteiger partial charge < -0.3 is 9.72 Å². The SMILES string of the molecule is COC(=O)c1[nH]ccc(=O)c1C(F)(F)F. The molecule has 0 unspecified atom stereocenters. The van der Waals surface area contributed by atoms with E-state index in [-0.39, 0.29) is 0 Å².